The maximum Gasteiger partial charge on any atom is 0.153 e. The van der Waals surface area contributed by atoms with Crippen LogP contribution in [0.2, 0.25) is 5.02 Å². The van der Waals surface area contributed by atoms with Crippen LogP contribution in [0.3, 0.4) is 0 Å². The van der Waals surface area contributed by atoms with Crippen LogP contribution in [0.25, 0.3) is 0 Å². The van der Waals surface area contributed by atoms with E-state index in [-0.39, 0.29) is 16.3 Å². The molecule has 0 aliphatic rings. The first-order chi connectivity index (χ1) is 5.04. The van der Waals surface area contributed by atoms with Gasteiger partial charge in [-0.1, -0.05) is 11.6 Å². The highest BCUT2D eigenvalue weighted by Crippen LogP contribution is 2.26. The van der Waals surface area contributed by atoms with Gasteiger partial charge in [0, 0.05) is 5.56 Å². The maximum absolute atomic E-state index is 12.8. The van der Waals surface area contributed by atoms with Crippen molar-refractivity contribution < 1.29 is 8.78 Å². The number of hydrogen-bond acceptors (Lipinski definition) is 1. The lowest BCUT2D eigenvalue weighted by molar-refractivity contribution is 0.571. The molecule has 0 aliphatic carbocycles. The quantitative estimate of drug-likeness (QED) is 0.606. The predicted molar refractivity (Wildman–Crippen MR) is 40.5 cm³/mol. The Morgan fingerprint density at radius 1 is 1.45 bits per heavy atom. The molecule has 1 aromatic carbocycles. The first kappa shape index (κ1) is 8.27. The standard InChI is InChI=1S/C7H6ClF2N/c1-3-5(9)2-4(8)7(11)6(3)10/h2H,11H2,1H3. The smallest absolute Gasteiger partial charge is 0.153 e. The van der Waals surface area contributed by atoms with Crippen LogP contribution >= 0.6 is 11.6 Å². The van der Waals surface area contributed by atoms with Gasteiger partial charge in [-0.3, -0.25) is 0 Å². The summed E-state index contributed by atoms with van der Waals surface area (Å²) < 4.78 is 25.4. The minimum Gasteiger partial charge on any atom is -0.395 e. The van der Waals surface area contributed by atoms with Crippen molar-refractivity contribution in [1.82, 2.24) is 0 Å². The second-order valence-electron chi connectivity index (χ2n) is 2.19. The van der Waals surface area contributed by atoms with Crippen LogP contribution in [-0.2, 0) is 0 Å². The van der Waals surface area contributed by atoms with E-state index >= 15 is 0 Å². The van der Waals surface area contributed by atoms with Gasteiger partial charge in [0.2, 0.25) is 0 Å². The number of nitrogen functional groups attached to an aromatic ring is 1. The molecule has 1 nitrogen and oxygen atoms in total. The van der Waals surface area contributed by atoms with Crippen molar-refractivity contribution in [3.05, 3.63) is 28.3 Å². The maximum atomic E-state index is 12.8. The van der Waals surface area contributed by atoms with Crippen LogP contribution in [0.5, 0.6) is 0 Å². The molecule has 0 saturated heterocycles. The van der Waals surface area contributed by atoms with Crippen molar-refractivity contribution >= 4 is 17.3 Å². The van der Waals surface area contributed by atoms with Gasteiger partial charge >= 0.3 is 0 Å². The van der Waals surface area contributed by atoms with Gasteiger partial charge in [-0.25, -0.2) is 8.78 Å². The first-order valence-corrected chi connectivity index (χ1v) is 3.31. The van der Waals surface area contributed by atoms with Gasteiger partial charge in [0.15, 0.2) is 5.82 Å². The Morgan fingerprint density at radius 2 is 2.00 bits per heavy atom. The van der Waals surface area contributed by atoms with Gasteiger partial charge in [-0.15, -0.1) is 0 Å². The number of rotatable bonds is 0. The third kappa shape index (κ3) is 1.28. The lowest BCUT2D eigenvalue weighted by Crippen LogP contribution is -1.97. The van der Waals surface area contributed by atoms with E-state index < -0.39 is 11.6 Å². The molecule has 0 atom stereocenters. The molecule has 11 heavy (non-hydrogen) atoms. The van der Waals surface area contributed by atoms with E-state index in [2.05, 4.69) is 0 Å². The molecule has 0 spiro atoms. The SMILES string of the molecule is Cc1c(F)cc(Cl)c(N)c1F. The van der Waals surface area contributed by atoms with Crippen LogP contribution in [0.1, 0.15) is 5.56 Å². The number of anilines is 1. The Labute approximate surface area is 67.8 Å². The Hall–Kier alpha value is -0.830. The second kappa shape index (κ2) is 2.66. The summed E-state index contributed by atoms with van der Waals surface area (Å²) in [5.41, 5.74) is 4.87. The van der Waals surface area contributed by atoms with Gasteiger partial charge in [0.25, 0.3) is 0 Å². The molecule has 1 rings (SSSR count). The summed E-state index contributed by atoms with van der Waals surface area (Å²) in [4.78, 5) is 0. The average molecular weight is 178 g/mol. The van der Waals surface area contributed by atoms with Crippen LogP contribution in [0.15, 0.2) is 6.07 Å². The van der Waals surface area contributed by atoms with E-state index in [9.17, 15) is 8.78 Å². The predicted octanol–water partition coefficient (Wildman–Crippen LogP) is 2.51. The summed E-state index contributed by atoms with van der Waals surface area (Å²) in [5, 5.41) is -0.0920. The monoisotopic (exact) mass is 177 g/mol. The molecule has 4 heteroatoms. The molecule has 0 heterocycles. The summed E-state index contributed by atoms with van der Waals surface area (Å²) in [6, 6.07) is 0.995. The molecular formula is C7H6ClF2N. The zero-order valence-electron chi connectivity index (χ0n) is 5.79. The molecular weight excluding hydrogens is 172 g/mol. The first-order valence-electron chi connectivity index (χ1n) is 2.93. The van der Waals surface area contributed by atoms with Gasteiger partial charge in [-0.2, -0.15) is 0 Å². The Bertz CT molecular complexity index is 273. The van der Waals surface area contributed by atoms with E-state index in [1.54, 1.807) is 0 Å². The van der Waals surface area contributed by atoms with Crippen molar-refractivity contribution in [2.45, 2.75) is 6.92 Å². The van der Waals surface area contributed by atoms with Gasteiger partial charge in [0.1, 0.15) is 5.82 Å². The van der Waals surface area contributed by atoms with Crippen molar-refractivity contribution in [3.8, 4) is 0 Å². The van der Waals surface area contributed by atoms with E-state index in [0.29, 0.717) is 0 Å². The fourth-order valence-electron chi connectivity index (χ4n) is 0.709. The number of halogens is 3. The largest absolute Gasteiger partial charge is 0.395 e. The zero-order chi connectivity index (χ0) is 8.59. The highest BCUT2D eigenvalue weighted by atomic mass is 35.5. The van der Waals surface area contributed by atoms with Crippen LogP contribution < -0.4 is 5.73 Å². The molecule has 1 aromatic rings. The molecule has 60 valence electrons. The highest BCUT2D eigenvalue weighted by Gasteiger charge is 2.10. The van der Waals surface area contributed by atoms with Gasteiger partial charge in [-0.05, 0) is 13.0 Å². The normalized spacial score (nSPS) is 10.2. The molecule has 0 aliphatic heterocycles. The summed E-state index contributed by atoms with van der Waals surface area (Å²) in [5.74, 6) is -1.46. The topological polar surface area (TPSA) is 26.0 Å². The van der Waals surface area contributed by atoms with Crippen molar-refractivity contribution in [3.63, 3.8) is 0 Å². The van der Waals surface area contributed by atoms with E-state index in [1.165, 1.54) is 6.92 Å². The summed E-state index contributed by atoms with van der Waals surface area (Å²) in [6.07, 6.45) is 0. The fourth-order valence-corrected chi connectivity index (χ4v) is 0.888. The molecule has 0 aromatic heterocycles. The Kier molecular flexibility index (Phi) is 2.00. The summed E-state index contributed by atoms with van der Waals surface area (Å²) in [7, 11) is 0. The lowest BCUT2D eigenvalue weighted by atomic mass is 10.2. The van der Waals surface area contributed by atoms with Crippen LogP contribution in [-0.4, -0.2) is 0 Å². The Balaban J connectivity index is 3.46. The molecule has 2 N–H and O–H groups in total. The molecule has 0 fully saturated rings. The minimum absolute atomic E-state index is 0.0920. The van der Waals surface area contributed by atoms with E-state index in [4.69, 9.17) is 17.3 Å². The molecule has 0 saturated carbocycles. The van der Waals surface area contributed by atoms with Gasteiger partial charge in [0.05, 0.1) is 10.7 Å². The number of benzene rings is 1. The third-order valence-corrected chi connectivity index (χ3v) is 1.75. The molecule has 0 amide bonds. The van der Waals surface area contributed by atoms with Gasteiger partial charge < -0.3 is 5.73 Å². The number of nitrogens with two attached hydrogens (primary N) is 1. The lowest BCUT2D eigenvalue weighted by Gasteiger charge is -2.03. The van der Waals surface area contributed by atoms with Crippen LogP contribution in [0.4, 0.5) is 14.5 Å². The van der Waals surface area contributed by atoms with Crippen molar-refractivity contribution in [2.75, 3.05) is 5.73 Å². The number of hydrogen-bond donors (Lipinski definition) is 1. The Morgan fingerprint density at radius 3 is 2.55 bits per heavy atom. The average Bonchev–Trinajstić information content (AvgIpc) is 1.97. The van der Waals surface area contributed by atoms with Crippen molar-refractivity contribution in [2.24, 2.45) is 0 Å². The summed E-state index contributed by atoms with van der Waals surface area (Å²) in [6.45, 7) is 1.30. The zero-order valence-corrected chi connectivity index (χ0v) is 6.54. The minimum atomic E-state index is -0.782. The van der Waals surface area contributed by atoms with E-state index in [1.807, 2.05) is 0 Å². The van der Waals surface area contributed by atoms with Crippen molar-refractivity contribution in [1.29, 1.82) is 0 Å². The highest BCUT2D eigenvalue weighted by molar-refractivity contribution is 6.33. The molecule has 0 bridgehead atoms. The third-order valence-electron chi connectivity index (χ3n) is 1.43. The second-order valence-corrected chi connectivity index (χ2v) is 2.60. The molecule has 0 radical (unpaired) electrons. The van der Waals surface area contributed by atoms with E-state index in [0.717, 1.165) is 6.07 Å². The summed E-state index contributed by atoms with van der Waals surface area (Å²) >= 11 is 5.39. The molecule has 0 unspecified atom stereocenters. The fraction of sp³-hybridized carbons (Fsp3) is 0.143. The van der Waals surface area contributed by atoms with Crippen LogP contribution in [0, 0.1) is 18.6 Å².